The summed E-state index contributed by atoms with van der Waals surface area (Å²) in [6.07, 6.45) is 8.19. The number of para-hydroxylation sites is 1. The third-order valence-electron chi connectivity index (χ3n) is 8.24. The predicted molar refractivity (Wildman–Crippen MR) is 151 cm³/mol. The van der Waals surface area contributed by atoms with Crippen LogP contribution in [0, 0.1) is 5.41 Å². The number of piperidine rings is 1. The highest BCUT2D eigenvalue weighted by atomic mass is 35.5. The maximum atomic E-state index is 13.3. The molecule has 2 aromatic carbocycles. The molecule has 1 N–H and O–H groups in total. The number of hydrogen-bond donors (Lipinski definition) is 1. The molecule has 39 heavy (non-hydrogen) atoms. The van der Waals surface area contributed by atoms with Gasteiger partial charge in [-0.25, -0.2) is 0 Å². The van der Waals surface area contributed by atoms with E-state index in [4.69, 9.17) is 25.8 Å². The number of rotatable bonds is 2. The number of amides is 2. The van der Waals surface area contributed by atoms with Gasteiger partial charge in [-0.05, 0) is 73.3 Å². The number of ether oxygens (including phenoxy) is 3. The van der Waals surface area contributed by atoms with Gasteiger partial charge in [-0.3, -0.25) is 9.59 Å². The molecule has 210 valence electrons. The smallest absolute Gasteiger partial charge is 0.226 e. The Morgan fingerprint density at radius 3 is 2.54 bits per heavy atom. The van der Waals surface area contributed by atoms with Crippen molar-refractivity contribution in [2.24, 2.45) is 5.41 Å². The van der Waals surface area contributed by atoms with Gasteiger partial charge in [0.25, 0.3) is 0 Å². The molecule has 0 unspecified atom stereocenters. The van der Waals surface area contributed by atoms with E-state index in [1.807, 2.05) is 29.2 Å². The number of carbonyl (C=O) groups excluding carboxylic acids is 2. The van der Waals surface area contributed by atoms with Gasteiger partial charge in [0, 0.05) is 32.5 Å². The van der Waals surface area contributed by atoms with E-state index in [-0.39, 0.29) is 23.7 Å². The van der Waals surface area contributed by atoms with E-state index in [1.54, 1.807) is 0 Å². The van der Waals surface area contributed by atoms with Crippen molar-refractivity contribution in [2.45, 2.75) is 64.2 Å². The Morgan fingerprint density at radius 1 is 0.897 bits per heavy atom. The van der Waals surface area contributed by atoms with Crippen molar-refractivity contribution >= 4 is 23.4 Å². The molecule has 0 atom stereocenters. The number of likely N-dealkylation sites (tertiary alicyclic amines) is 1. The summed E-state index contributed by atoms with van der Waals surface area (Å²) in [6.45, 7) is 3.76. The number of nitrogens with one attached hydrogen (secondary N) is 1. The van der Waals surface area contributed by atoms with E-state index < -0.39 is 0 Å². The molecule has 0 radical (unpaired) electrons. The van der Waals surface area contributed by atoms with Gasteiger partial charge in [-0.15, -0.1) is 0 Å². The minimum atomic E-state index is 0.0190. The van der Waals surface area contributed by atoms with E-state index in [0.717, 1.165) is 56.3 Å². The average Bonchev–Trinajstić information content (AvgIpc) is 3.19. The number of benzene rings is 2. The molecule has 8 heteroatoms. The zero-order valence-electron chi connectivity index (χ0n) is 22.6. The van der Waals surface area contributed by atoms with Crippen LogP contribution in [0.15, 0.2) is 36.4 Å². The molecule has 0 aromatic heterocycles. The fourth-order valence-electron chi connectivity index (χ4n) is 5.87. The van der Waals surface area contributed by atoms with Crippen molar-refractivity contribution in [3.8, 4) is 17.2 Å². The molecule has 0 saturated carbocycles. The second-order valence-corrected chi connectivity index (χ2v) is 11.5. The molecule has 2 amide bonds. The predicted octanol–water partition coefficient (Wildman–Crippen LogP) is 5.35. The number of fused-ring (bicyclic) bond motifs is 2. The fourth-order valence-corrected chi connectivity index (χ4v) is 6.16. The molecule has 1 spiro atoms. The summed E-state index contributed by atoms with van der Waals surface area (Å²) in [7, 11) is 0. The highest BCUT2D eigenvalue weighted by molar-refractivity contribution is 6.32. The molecule has 1 saturated heterocycles. The standard InChI is InChI=1S/C31H39ClN2O5/c32-25-19-23(20-27-30(25)39-18-6-17-38-27)21-29(36)34-14-12-31(13-15-34)11-4-3-8-24-7-1-2-9-26(24)37-16-5-10-28(35)33-22-31/h1-2,7,9,19-20H,3-6,8,10-18,21-22H2,(H,33,35). The SMILES string of the molecule is O=C1CCCOc2ccccc2CCCCC2(CCN(C(=O)Cc3cc(Cl)c4c(c3)OCCCO4)CC2)CN1. The molecule has 0 bridgehead atoms. The molecular formula is C31H39ClN2O5. The first-order valence-corrected chi connectivity index (χ1v) is 14.7. The fraction of sp³-hybridized carbons (Fsp3) is 0.548. The summed E-state index contributed by atoms with van der Waals surface area (Å²) in [4.78, 5) is 27.8. The van der Waals surface area contributed by atoms with Crippen LogP contribution >= 0.6 is 11.6 Å². The summed E-state index contributed by atoms with van der Waals surface area (Å²) in [6, 6.07) is 11.9. The van der Waals surface area contributed by atoms with Gasteiger partial charge < -0.3 is 24.4 Å². The van der Waals surface area contributed by atoms with Crippen LogP contribution in [0.25, 0.3) is 0 Å². The van der Waals surface area contributed by atoms with Crippen molar-refractivity contribution < 1.29 is 23.8 Å². The van der Waals surface area contributed by atoms with Crippen LogP contribution in [0.1, 0.15) is 62.5 Å². The molecule has 3 aliphatic rings. The van der Waals surface area contributed by atoms with Crippen LogP contribution in [-0.4, -0.2) is 56.2 Å². The maximum Gasteiger partial charge on any atom is 0.226 e. The number of aryl methyl sites for hydroxylation is 1. The van der Waals surface area contributed by atoms with Crippen LogP contribution in [0.2, 0.25) is 5.02 Å². The van der Waals surface area contributed by atoms with Gasteiger partial charge in [0.05, 0.1) is 31.3 Å². The maximum absolute atomic E-state index is 13.3. The largest absolute Gasteiger partial charge is 0.493 e. The van der Waals surface area contributed by atoms with Crippen molar-refractivity contribution in [1.82, 2.24) is 10.2 Å². The van der Waals surface area contributed by atoms with Gasteiger partial charge in [-0.1, -0.05) is 36.2 Å². The van der Waals surface area contributed by atoms with Gasteiger partial charge in [0.15, 0.2) is 11.5 Å². The van der Waals surface area contributed by atoms with Crippen molar-refractivity contribution in [1.29, 1.82) is 0 Å². The van der Waals surface area contributed by atoms with E-state index in [0.29, 0.717) is 68.8 Å². The first kappa shape index (κ1) is 27.6. The van der Waals surface area contributed by atoms with Gasteiger partial charge in [0.1, 0.15) is 5.75 Å². The second kappa shape index (κ2) is 12.9. The summed E-state index contributed by atoms with van der Waals surface area (Å²) in [5.74, 6) is 2.29. The zero-order chi connectivity index (χ0) is 27.1. The topological polar surface area (TPSA) is 77.1 Å². The number of hydrogen-bond acceptors (Lipinski definition) is 5. The molecule has 5 rings (SSSR count). The summed E-state index contributed by atoms with van der Waals surface area (Å²) < 4.78 is 17.5. The molecule has 3 aliphatic heterocycles. The highest BCUT2D eigenvalue weighted by Crippen LogP contribution is 2.39. The number of nitrogens with zero attached hydrogens (tertiary/aromatic N) is 1. The summed E-state index contributed by atoms with van der Waals surface area (Å²) in [5, 5.41) is 3.69. The Morgan fingerprint density at radius 2 is 1.67 bits per heavy atom. The number of carbonyl (C=O) groups is 2. The highest BCUT2D eigenvalue weighted by Gasteiger charge is 2.36. The lowest BCUT2D eigenvalue weighted by Crippen LogP contribution is -2.48. The minimum Gasteiger partial charge on any atom is -0.493 e. The zero-order valence-corrected chi connectivity index (χ0v) is 23.4. The molecule has 2 aromatic rings. The molecule has 3 heterocycles. The van der Waals surface area contributed by atoms with Crippen molar-refractivity contribution in [3.63, 3.8) is 0 Å². The van der Waals surface area contributed by atoms with Crippen LogP contribution in [0.3, 0.4) is 0 Å². The molecule has 0 aliphatic carbocycles. The first-order chi connectivity index (χ1) is 19.0. The van der Waals surface area contributed by atoms with E-state index in [9.17, 15) is 9.59 Å². The molecule has 7 nitrogen and oxygen atoms in total. The van der Waals surface area contributed by atoms with Gasteiger partial charge >= 0.3 is 0 Å². The Kier molecular flexibility index (Phi) is 9.17. The Hall–Kier alpha value is -2.93. The van der Waals surface area contributed by atoms with Crippen LogP contribution in [0.4, 0.5) is 0 Å². The third-order valence-corrected chi connectivity index (χ3v) is 8.52. The summed E-state index contributed by atoms with van der Waals surface area (Å²) in [5.41, 5.74) is 2.10. The second-order valence-electron chi connectivity index (χ2n) is 11.1. The lowest BCUT2D eigenvalue weighted by atomic mass is 9.74. The lowest BCUT2D eigenvalue weighted by molar-refractivity contribution is -0.133. The normalized spacial score (nSPS) is 20.1. The number of halogens is 1. The summed E-state index contributed by atoms with van der Waals surface area (Å²) >= 11 is 6.45. The van der Waals surface area contributed by atoms with Gasteiger partial charge in [-0.2, -0.15) is 0 Å². The first-order valence-electron chi connectivity index (χ1n) is 14.3. The van der Waals surface area contributed by atoms with Crippen molar-refractivity contribution in [2.75, 3.05) is 39.5 Å². The lowest BCUT2D eigenvalue weighted by Gasteiger charge is -2.42. The van der Waals surface area contributed by atoms with E-state index >= 15 is 0 Å². The Balaban J connectivity index is 1.20. The molecular weight excluding hydrogens is 516 g/mol. The van der Waals surface area contributed by atoms with Crippen LogP contribution in [0.5, 0.6) is 17.2 Å². The Labute approximate surface area is 236 Å². The van der Waals surface area contributed by atoms with E-state index in [2.05, 4.69) is 17.4 Å². The van der Waals surface area contributed by atoms with Crippen LogP contribution in [-0.2, 0) is 22.4 Å². The average molecular weight is 555 g/mol. The van der Waals surface area contributed by atoms with Crippen LogP contribution < -0.4 is 19.5 Å². The third kappa shape index (κ3) is 7.18. The van der Waals surface area contributed by atoms with E-state index in [1.165, 1.54) is 5.56 Å². The van der Waals surface area contributed by atoms with Gasteiger partial charge in [0.2, 0.25) is 11.8 Å². The molecule has 1 fully saturated rings. The van der Waals surface area contributed by atoms with Crippen molar-refractivity contribution in [3.05, 3.63) is 52.5 Å². The quantitative estimate of drug-likeness (QED) is 0.541. The monoisotopic (exact) mass is 554 g/mol. The Bertz CT molecular complexity index is 1160. The minimum absolute atomic E-state index is 0.0190.